The Morgan fingerprint density at radius 1 is 1.42 bits per heavy atom. The molecular weight excluding hydrogens is 240 g/mol. The summed E-state index contributed by atoms with van der Waals surface area (Å²) in [4.78, 5) is 14.4. The number of ether oxygens (including phenoxy) is 1. The predicted molar refractivity (Wildman–Crippen MR) is 75.1 cm³/mol. The molecule has 1 aromatic carbocycles. The lowest BCUT2D eigenvalue weighted by Crippen LogP contribution is -2.48. The van der Waals surface area contributed by atoms with Gasteiger partial charge in [-0.1, -0.05) is 19.1 Å². The normalized spacial score (nSPS) is 19.5. The molecule has 1 fully saturated rings. The zero-order valence-corrected chi connectivity index (χ0v) is 11.5. The number of hydrogen-bond donors (Lipinski definition) is 1. The SMILES string of the molecule is CCC1COCCN1C(=O)c1ccc(CCN)cc1. The van der Waals surface area contributed by atoms with E-state index in [1.165, 1.54) is 5.56 Å². The van der Waals surface area contributed by atoms with Gasteiger partial charge in [-0.25, -0.2) is 0 Å². The van der Waals surface area contributed by atoms with Crippen LogP contribution >= 0.6 is 0 Å². The summed E-state index contributed by atoms with van der Waals surface area (Å²) in [7, 11) is 0. The number of rotatable bonds is 4. The molecule has 1 aliphatic heterocycles. The van der Waals surface area contributed by atoms with Crippen LogP contribution in [0.3, 0.4) is 0 Å². The third-order valence-electron chi connectivity index (χ3n) is 3.59. The zero-order valence-electron chi connectivity index (χ0n) is 11.5. The van der Waals surface area contributed by atoms with E-state index in [0.29, 0.717) is 26.3 Å². The fourth-order valence-corrected chi connectivity index (χ4v) is 2.41. The van der Waals surface area contributed by atoms with Gasteiger partial charge in [-0.3, -0.25) is 4.79 Å². The average molecular weight is 262 g/mol. The number of nitrogens with two attached hydrogens (primary N) is 1. The van der Waals surface area contributed by atoms with Crippen LogP contribution in [0.1, 0.15) is 29.3 Å². The lowest BCUT2D eigenvalue weighted by Gasteiger charge is -2.35. The Hall–Kier alpha value is -1.39. The maximum Gasteiger partial charge on any atom is 0.254 e. The van der Waals surface area contributed by atoms with Gasteiger partial charge >= 0.3 is 0 Å². The highest BCUT2D eigenvalue weighted by Gasteiger charge is 2.26. The van der Waals surface area contributed by atoms with Gasteiger partial charge in [0, 0.05) is 12.1 Å². The Morgan fingerprint density at radius 3 is 2.79 bits per heavy atom. The smallest absolute Gasteiger partial charge is 0.254 e. The first-order valence-corrected chi connectivity index (χ1v) is 6.94. The molecule has 1 unspecified atom stereocenters. The molecule has 2 N–H and O–H groups in total. The van der Waals surface area contributed by atoms with Crippen LogP contribution in [0, 0.1) is 0 Å². The van der Waals surface area contributed by atoms with Gasteiger partial charge in [0.2, 0.25) is 0 Å². The maximum atomic E-state index is 12.5. The van der Waals surface area contributed by atoms with Crippen molar-refractivity contribution < 1.29 is 9.53 Å². The number of benzene rings is 1. The van der Waals surface area contributed by atoms with Gasteiger partial charge < -0.3 is 15.4 Å². The van der Waals surface area contributed by atoms with Crippen LogP contribution in [-0.2, 0) is 11.2 Å². The molecular formula is C15H22N2O2. The van der Waals surface area contributed by atoms with Crippen molar-refractivity contribution in [3.05, 3.63) is 35.4 Å². The summed E-state index contributed by atoms with van der Waals surface area (Å²) in [5.41, 5.74) is 7.45. The Morgan fingerprint density at radius 2 is 2.16 bits per heavy atom. The second-order valence-electron chi connectivity index (χ2n) is 4.87. The van der Waals surface area contributed by atoms with E-state index in [2.05, 4.69) is 6.92 Å². The molecule has 1 aliphatic rings. The molecule has 1 heterocycles. The Balaban J connectivity index is 2.09. The van der Waals surface area contributed by atoms with Gasteiger partial charge in [0.1, 0.15) is 0 Å². The van der Waals surface area contributed by atoms with Gasteiger partial charge in [0.15, 0.2) is 0 Å². The lowest BCUT2D eigenvalue weighted by atomic mass is 10.1. The summed E-state index contributed by atoms with van der Waals surface area (Å²) in [6, 6.07) is 7.97. The van der Waals surface area contributed by atoms with E-state index in [1.807, 2.05) is 29.2 Å². The second-order valence-corrected chi connectivity index (χ2v) is 4.87. The minimum absolute atomic E-state index is 0.106. The number of morpholine rings is 1. The van der Waals surface area contributed by atoms with E-state index in [1.54, 1.807) is 0 Å². The number of hydrogen-bond acceptors (Lipinski definition) is 3. The van der Waals surface area contributed by atoms with Gasteiger partial charge in [-0.2, -0.15) is 0 Å². The van der Waals surface area contributed by atoms with E-state index in [4.69, 9.17) is 10.5 Å². The first-order valence-electron chi connectivity index (χ1n) is 6.94. The summed E-state index contributed by atoms with van der Waals surface area (Å²) >= 11 is 0. The predicted octanol–water partition coefficient (Wildman–Crippen LogP) is 1.44. The van der Waals surface area contributed by atoms with E-state index in [0.717, 1.165) is 18.4 Å². The van der Waals surface area contributed by atoms with Gasteiger partial charge in [0.05, 0.1) is 19.3 Å². The molecule has 0 saturated carbocycles. The minimum Gasteiger partial charge on any atom is -0.377 e. The van der Waals surface area contributed by atoms with Crippen LogP contribution in [0.15, 0.2) is 24.3 Å². The summed E-state index contributed by atoms with van der Waals surface area (Å²) in [6.45, 7) is 4.68. The van der Waals surface area contributed by atoms with Crippen molar-refractivity contribution in [2.24, 2.45) is 5.73 Å². The number of amides is 1. The molecule has 0 aliphatic carbocycles. The van der Waals surface area contributed by atoms with Crippen LogP contribution in [0.2, 0.25) is 0 Å². The van der Waals surface area contributed by atoms with Crippen molar-refractivity contribution >= 4 is 5.91 Å². The summed E-state index contributed by atoms with van der Waals surface area (Å²) in [6.07, 6.45) is 1.78. The van der Waals surface area contributed by atoms with E-state index >= 15 is 0 Å². The summed E-state index contributed by atoms with van der Waals surface area (Å²) < 4.78 is 5.43. The number of carbonyl (C=O) groups excluding carboxylic acids is 1. The molecule has 1 saturated heterocycles. The standard InChI is InChI=1S/C15H22N2O2/c1-2-14-11-19-10-9-17(14)15(18)13-5-3-12(4-6-13)7-8-16/h3-6,14H,2,7-11,16H2,1H3. The third kappa shape index (κ3) is 3.33. The van der Waals surface area contributed by atoms with Crippen LogP contribution in [0.4, 0.5) is 0 Å². The van der Waals surface area contributed by atoms with Crippen molar-refractivity contribution in [1.29, 1.82) is 0 Å². The zero-order chi connectivity index (χ0) is 13.7. The molecule has 2 rings (SSSR count). The minimum atomic E-state index is 0.106. The highest BCUT2D eigenvalue weighted by Crippen LogP contribution is 2.15. The Bertz CT molecular complexity index is 417. The van der Waals surface area contributed by atoms with Crippen molar-refractivity contribution in [2.75, 3.05) is 26.3 Å². The van der Waals surface area contributed by atoms with Gasteiger partial charge in [0.25, 0.3) is 5.91 Å². The molecule has 1 amide bonds. The molecule has 4 heteroatoms. The quantitative estimate of drug-likeness (QED) is 0.893. The fraction of sp³-hybridized carbons (Fsp3) is 0.533. The monoisotopic (exact) mass is 262 g/mol. The number of carbonyl (C=O) groups is 1. The van der Waals surface area contributed by atoms with Crippen molar-refractivity contribution in [2.45, 2.75) is 25.8 Å². The molecule has 19 heavy (non-hydrogen) atoms. The van der Waals surface area contributed by atoms with Crippen LogP contribution in [0.5, 0.6) is 0 Å². The first-order chi connectivity index (χ1) is 9.26. The molecule has 0 spiro atoms. The summed E-state index contributed by atoms with van der Waals surface area (Å²) in [5.74, 6) is 0.106. The molecule has 104 valence electrons. The second kappa shape index (κ2) is 6.68. The molecule has 1 atom stereocenters. The van der Waals surface area contributed by atoms with Crippen LogP contribution in [0.25, 0.3) is 0 Å². The van der Waals surface area contributed by atoms with Crippen molar-refractivity contribution in [1.82, 2.24) is 4.90 Å². The van der Waals surface area contributed by atoms with E-state index < -0.39 is 0 Å². The molecule has 0 aromatic heterocycles. The summed E-state index contributed by atoms with van der Waals surface area (Å²) in [5, 5.41) is 0. The highest BCUT2D eigenvalue weighted by molar-refractivity contribution is 5.94. The number of nitrogens with zero attached hydrogens (tertiary/aromatic N) is 1. The lowest BCUT2D eigenvalue weighted by molar-refractivity contribution is -0.00279. The molecule has 0 bridgehead atoms. The van der Waals surface area contributed by atoms with Crippen LogP contribution in [-0.4, -0.2) is 43.2 Å². The topological polar surface area (TPSA) is 55.6 Å². The van der Waals surface area contributed by atoms with Crippen molar-refractivity contribution in [3.8, 4) is 0 Å². The Kier molecular flexibility index (Phi) is 4.93. The molecule has 4 nitrogen and oxygen atoms in total. The average Bonchev–Trinajstić information content (AvgIpc) is 2.47. The first kappa shape index (κ1) is 14.0. The molecule has 0 radical (unpaired) electrons. The van der Waals surface area contributed by atoms with Gasteiger partial charge in [-0.15, -0.1) is 0 Å². The highest BCUT2D eigenvalue weighted by atomic mass is 16.5. The third-order valence-corrected chi connectivity index (χ3v) is 3.59. The maximum absolute atomic E-state index is 12.5. The fourth-order valence-electron chi connectivity index (χ4n) is 2.41. The largest absolute Gasteiger partial charge is 0.377 e. The molecule has 1 aromatic rings. The van der Waals surface area contributed by atoms with Crippen molar-refractivity contribution in [3.63, 3.8) is 0 Å². The van der Waals surface area contributed by atoms with Gasteiger partial charge in [-0.05, 0) is 37.1 Å². The van der Waals surface area contributed by atoms with Crippen LogP contribution < -0.4 is 5.73 Å². The van der Waals surface area contributed by atoms with E-state index in [-0.39, 0.29) is 11.9 Å². The van der Waals surface area contributed by atoms with E-state index in [9.17, 15) is 4.79 Å². The Labute approximate surface area is 114 Å².